The van der Waals surface area contributed by atoms with E-state index in [0.29, 0.717) is 22.2 Å². The van der Waals surface area contributed by atoms with Crippen molar-refractivity contribution < 1.29 is 29.6 Å². The molecule has 0 unspecified atom stereocenters. The van der Waals surface area contributed by atoms with Crippen molar-refractivity contribution in [1.82, 2.24) is 0 Å². The van der Waals surface area contributed by atoms with Gasteiger partial charge in [-0.3, -0.25) is 0 Å². The largest absolute Gasteiger partial charge is 0.504 e. The van der Waals surface area contributed by atoms with E-state index >= 15 is 0 Å². The van der Waals surface area contributed by atoms with Gasteiger partial charge in [0.1, 0.15) is 11.5 Å². The number of ether oxygens (including phenoxy) is 2. The molecule has 9 heteroatoms. The average molecular weight is 355 g/mol. The Kier molecular flexibility index (Phi) is 5.10. The van der Waals surface area contributed by atoms with Crippen molar-refractivity contribution >= 4 is 29.0 Å². The number of nitrogens with one attached hydrogen (secondary N) is 2. The van der Waals surface area contributed by atoms with Gasteiger partial charge in [-0.25, -0.2) is 4.79 Å². The Morgan fingerprint density at radius 3 is 2.08 bits per heavy atom. The van der Waals surface area contributed by atoms with Gasteiger partial charge in [0, 0.05) is 24.3 Å². The SMILES string of the molecule is COc1cc(NC(=O)Nc2cc(O)c(O)c(O)c2)c(OC)cc1Cl. The number of carbonyl (C=O) groups is 1. The highest BCUT2D eigenvalue weighted by molar-refractivity contribution is 6.32. The molecule has 0 heterocycles. The van der Waals surface area contributed by atoms with Gasteiger partial charge in [-0.05, 0) is 0 Å². The predicted octanol–water partition coefficient (Wildman–Crippen LogP) is 3.12. The summed E-state index contributed by atoms with van der Waals surface area (Å²) in [7, 11) is 2.84. The maximum Gasteiger partial charge on any atom is 0.323 e. The van der Waals surface area contributed by atoms with Gasteiger partial charge in [-0.2, -0.15) is 0 Å². The van der Waals surface area contributed by atoms with Gasteiger partial charge >= 0.3 is 6.03 Å². The molecule has 8 nitrogen and oxygen atoms in total. The lowest BCUT2D eigenvalue weighted by Crippen LogP contribution is -2.19. The summed E-state index contributed by atoms with van der Waals surface area (Å²) in [5, 5.41) is 33.4. The number of carbonyl (C=O) groups excluding carboxylic acids is 1. The van der Waals surface area contributed by atoms with E-state index in [1.807, 2.05) is 0 Å². The van der Waals surface area contributed by atoms with Crippen molar-refractivity contribution in [2.75, 3.05) is 24.9 Å². The Hall–Kier alpha value is -3.00. The first-order valence-corrected chi connectivity index (χ1v) is 6.98. The van der Waals surface area contributed by atoms with Crippen molar-refractivity contribution in [1.29, 1.82) is 0 Å². The topological polar surface area (TPSA) is 120 Å². The van der Waals surface area contributed by atoms with Gasteiger partial charge in [-0.15, -0.1) is 0 Å². The van der Waals surface area contributed by atoms with E-state index in [1.54, 1.807) is 0 Å². The van der Waals surface area contributed by atoms with Crippen molar-refractivity contribution in [2.45, 2.75) is 0 Å². The summed E-state index contributed by atoms with van der Waals surface area (Å²) in [6, 6.07) is 4.44. The molecule has 0 aliphatic carbocycles. The lowest BCUT2D eigenvalue weighted by atomic mass is 10.2. The molecule has 5 N–H and O–H groups in total. The zero-order valence-corrected chi connectivity index (χ0v) is 13.5. The quantitative estimate of drug-likeness (QED) is 0.425. The first-order valence-electron chi connectivity index (χ1n) is 6.60. The molecule has 0 bridgehead atoms. The lowest BCUT2D eigenvalue weighted by molar-refractivity contribution is 0.262. The van der Waals surface area contributed by atoms with E-state index in [1.165, 1.54) is 26.4 Å². The number of rotatable bonds is 4. The molecule has 0 spiro atoms. The van der Waals surface area contributed by atoms with Gasteiger partial charge in [0.05, 0.1) is 30.6 Å². The molecule has 0 fully saturated rings. The molecule has 0 aromatic heterocycles. The zero-order valence-electron chi connectivity index (χ0n) is 12.8. The second-order valence-electron chi connectivity index (χ2n) is 4.63. The molecule has 2 amide bonds. The number of hydrogen-bond donors (Lipinski definition) is 5. The van der Waals surface area contributed by atoms with Crippen LogP contribution >= 0.6 is 11.6 Å². The number of benzene rings is 2. The number of phenols is 3. The Bertz CT molecular complexity index is 758. The Balaban J connectivity index is 2.21. The minimum Gasteiger partial charge on any atom is -0.504 e. The number of urea groups is 1. The summed E-state index contributed by atoms with van der Waals surface area (Å²) < 4.78 is 10.2. The van der Waals surface area contributed by atoms with Crippen LogP contribution in [0.5, 0.6) is 28.7 Å². The summed E-state index contributed by atoms with van der Waals surface area (Å²) in [4.78, 5) is 12.1. The van der Waals surface area contributed by atoms with E-state index in [2.05, 4.69) is 10.6 Å². The number of aromatic hydroxyl groups is 3. The predicted molar refractivity (Wildman–Crippen MR) is 88.6 cm³/mol. The minimum atomic E-state index is -0.679. The van der Waals surface area contributed by atoms with Crippen LogP contribution in [0.3, 0.4) is 0 Å². The van der Waals surface area contributed by atoms with Crippen LogP contribution in [0.2, 0.25) is 5.02 Å². The smallest absolute Gasteiger partial charge is 0.323 e. The van der Waals surface area contributed by atoms with Crippen LogP contribution in [-0.4, -0.2) is 35.6 Å². The molecular weight excluding hydrogens is 340 g/mol. The molecule has 0 saturated carbocycles. The fourth-order valence-electron chi connectivity index (χ4n) is 1.92. The third-order valence-electron chi connectivity index (χ3n) is 3.05. The molecule has 24 heavy (non-hydrogen) atoms. The molecule has 0 radical (unpaired) electrons. The van der Waals surface area contributed by atoms with Crippen LogP contribution in [0.1, 0.15) is 0 Å². The third-order valence-corrected chi connectivity index (χ3v) is 3.35. The highest BCUT2D eigenvalue weighted by atomic mass is 35.5. The molecule has 0 atom stereocenters. The van der Waals surface area contributed by atoms with Gasteiger partial charge in [0.15, 0.2) is 17.2 Å². The minimum absolute atomic E-state index is 0.0696. The second kappa shape index (κ2) is 7.05. The molecule has 2 rings (SSSR count). The zero-order chi connectivity index (χ0) is 17.9. The van der Waals surface area contributed by atoms with Crippen molar-refractivity contribution in [3.8, 4) is 28.7 Å². The highest BCUT2D eigenvalue weighted by Gasteiger charge is 2.14. The van der Waals surface area contributed by atoms with Gasteiger partial charge in [0.2, 0.25) is 0 Å². The Labute approximate surface area is 142 Å². The summed E-state index contributed by atoms with van der Waals surface area (Å²) in [5.41, 5.74) is 0.365. The number of halogens is 1. The molecule has 0 aliphatic rings. The van der Waals surface area contributed by atoms with Gasteiger partial charge < -0.3 is 35.4 Å². The Morgan fingerprint density at radius 2 is 1.54 bits per heavy atom. The summed E-state index contributed by atoms with van der Waals surface area (Å²) >= 11 is 5.98. The summed E-state index contributed by atoms with van der Waals surface area (Å²) in [6.07, 6.45) is 0. The number of amides is 2. The maximum absolute atomic E-state index is 12.1. The number of methoxy groups -OCH3 is 2. The first kappa shape index (κ1) is 17.4. The fourth-order valence-corrected chi connectivity index (χ4v) is 2.15. The molecular formula is C15H15ClN2O6. The van der Waals surface area contributed by atoms with E-state index < -0.39 is 23.3 Å². The van der Waals surface area contributed by atoms with Crippen LogP contribution in [-0.2, 0) is 0 Å². The molecule has 2 aromatic carbocycles. The van der Waals surface area contributed by atoms with Crippen LogP contribution in [0, 0.1) is 0 Å². The number of hydrogen-bond acceptors (Lipinski definition) is 6. The fraction of sp³-hybridized carbons (Fsp3) is 0.133. The molecule has 2 aromatic rings. The van der Waals surface area contributed by atoms with Crippen LogP contribution in [0.4, 0.5) is 16.2 Å². The monoisotopic (exact) mass is 354 g/mol. The van der Waals surface area contributed by atoms with Gasteiger partial charge in [0.25, 0.3) is 0 Å². The third kappa shape index (κ3) is 3.66. The molecule has 0 saturated heterocycles. The summed E-state index contributed by atoms with van der Waals surface area (Å²) in [6.45, 7) is 0. The van der Waals surface area contributed by atoms with Crippen molar-refractivity contribution in [3.63, 3.8) is 0 Å². The summed E-state index contributed by atoms with van der Waals surface area (Å²) in [5.74, 6) is -1.17. The van der Waals surface area contributed by atoms with Crippen molar-refractivity contribution in [3.05, 3.63) is 29.3 Å². The second-order valence-corrected chi connectivity index (χ2v) is 5.04. The number of phenolic OH excluding ortho intramolecular Hbond substituents is 3. The normalized spacial score (nSPS) is 10.1. The maximum atomic E-state index is 12.1. The number of anilines is 2. The molecule has 128 valence electrons. The Morgan fingerprint density at radius 1 is 0.958 bits per heavy atom. The molecule has 0 aliphatic heterocycles. The van der Waals surface area contributed by atoms with Crippen LogP contribution < -0.4 is 20.1 Å². The highest BCUT2D eigenvalue weighted by Crippen LogP contribution is 2.38. The van der Waals surface area contributed by atoms with Crippen LogP contribution in [0.25, 0.3) is 0 Å². The van der Waals surface area contributed by atoms with Crippen molar-refractivity contribution in [2.24, 2.45) is 0 Å². The van der Waals surface area contributed by atoms with Crippen LogP contribution in [0.15, 0.2) is 24.3 Å². The van der Waals surface area contributed by atoms with E-state index in [9.17, 15) is 20.1 Å². The van der Waals surface area contributed by atoms with Gasteiger partial charge in [-0.1, -0.05) is 11.6 Å². The standard InChI is InChI=1S/C15H15ClN2O6/c1-23-12-6-9(13(24-2)5-8(12)16)18-15(22)17-7-3-10(19)14(21)11(20)4-7/h3-6,19-21H,1-2H3,(H2,17,18,22). The lowest BCUT2D eigenvalue weighted by Gasteiger charge is -2.14. The first-order chi connectivity index (χ1) is 11.3. The van der Waals surface area contributed by atoms with E-state index in [0.717, 1.165) is 12.1 Å². The van der Waals surface area contributed by atoms with E-state index in [-0.39, 0.29) is 5.69 Å². The average Bonchev–Trinajstić information content (AvgIpc) is 2.53. The van der Waals surface area contributed by atoms with E-state index in [4.69, 9.17) is 21.1 Å².